The number of anilines is 1. The zero-order valence-corrected chi connectivity index (χ0v) is 20.2. The summed E-state index contributed by atoms with van der Waals surface area (Å²) in [4.78, 5) is 38.7. The Labute approximate surface area is 203 Å². The topological polar surface area (TPSA) is 119 Å². The van der Waals surface area contributed by atoms with Gasteiger partial charge >= 0.3 is 6.09 Å². The van der Waals surface area contributed by atoms with Crippen LogP contribution in [0.1, 0.15) is 49.5 Å². The number of carboxylic acid groups (broad SMARTS) is 1. The number of phenolic OH excluding ortho intramolecular Hbond substituents is 1. The predicted molar refractivity (Wildman–Crippen MR) is 130 cm³/mol. The fourth-order valence-corrected chi connectivity index (χ4v) is 4.69. The Kier molecular flexibility index (Phi) is 7.71. The second kappa shape index (κ2) is 10.3. The largest absolute Gasteiger partial charge is 0.508 e. The minimum Gasteiger partial charge on any atom is -0.508 e. The molecule has 1 aliphatic heterocycles. The van der Waals surface area contributed by atoms with Crippen LogP contribution in [0.5, 0.6) is 5.75 Å². The van der Waals surface area contributed by atoms with Gasteiger partial charge in [0.05, 0.1) is 18.5 Å². The number of hydrogen-bond donors (Lipinski definition) is 4. The zero-order valence-electron chi connectivity index (χ0n) is 19.5. The lowest BCUT2D eigenvalue weighted by Gasteiger charge is -2.46. The molecule has 182 valence electrons. The molecule has 2 unspecified atom stereocenters. The Bertz CT molecular complexity index is 1080. The molecule has 2 atom stereocenters. The number of halogens is 1. The van der Waals surface area contributed by atoms with Gasteiger partial charge in [-0.3, -0.25) is 9.59 Å². The molecule has 34 heavy (non-hydrogen) atoms. The van der Waals surface area contributed by atoms with Crippen LogP contribution in [0.15, 0.2) is 42.5 Å². The Hall–Kier alpha value is -3.26. The highest BCUT2D eigenvalue weighted by Crippen LogP contribution is 2.32. The van der Waals surface area contributed by atoms with Gasteiger partial charge in [0.15, 0.2) is 0 Å². The van der Waals surface area contributed by atoms with Crippen LogP contribution in [0, 0.1) is 5.41 Å². The molecule has 0 aromatic heterocycles. The molecule has 3 rings (SSSR count). The summed E-state index contributed by atoms with van der Waals surface area (Å²) in [5.41, 5.74) is 0.816. The van der Waals surface area contributed by atoms with Crippen molar-refractivity contribution >= 4 is 35.2 Å². The summed E-state index contributed by atoms with van der Waals surface area (Å²) in [5, 5.41) is 25.7. The first kappa shape index (κ1) is 25.4. The standard InChI is InChI=1S/C25H30ClN3O5/c1-25(2,3)22-19(8-5-11-29(22)24(33)34)28-23(32)15-6-4-7-18(13-15)27-21(31)14-16-12-17(26)9-10-20(16)30/h4,6-7,9-10,12-13,19,22,30H,5,8,11,14H2,1-3H3,(H,27,31)(H,28,32)(H,33,34). The van der Waals surface area contributed by atoms with Crippen LogP contribution in [-0.4, -0.2) is 51.6 Å². The summed E-state index contributed by atoms with van der Waals surface area (Å²) in [6.07, 6.45) is 0.269. The molecule has 4 N–H and O–H groups in total. The fourth-order valence-electron chi connectivity index (χ4n) is 4.50. The van der Waals surface area contributed by atoms with Crippen molar-refractivity contribution < 1.29 is 24.6 Å². The van der Waals surface area contributed by atoms with Crippen molar-refractivity contribution in [2.75, 3.05) is 11.9 Å². The summed E-state index contributed by atoms with van der Waals surface area (Å²) >= 11 is 5.94. The van der Waals surface area contributed by atoms with Gasteiger partial charge in [-0.05, 0) is 54.7 Å². The average molecular weight is 488 g/mol. The van der Waals surface area contributed by atoms with Crippen molar-refractivity contribution in [1.29, 1.82) is 0 Å². The van der Waals surface area contributed by atoms with Crippen molar-refractivity contribution in [3.63, 3.8) is 0 Å². The third kappa shape index (κ3) is 6.20. The number of carbonyl (C=O) groups is 3. The number of phenols is 1. The number of likely N-dealkylation sites (tertiary alicyclic amines) is 1. The fraction of sp³-hybridized carbons (Fsp3) is 0.400. The van der Waals surface area contributed by atoms with E-state index in [4.69, 9.17) is 11.6 Å². The Balaban J connectivity index is 1.71. The first-order valence-corrected chi connectivity index (χ1v) is 11.5. The molecule has 1 fully saturated rings. The van der Waals surface area contributed by atoms with Gasteiger partial charge in [0.1, 0.15) is 5.75 Å². The smallest absolute Gasteiger partial charge is 0.407 e. The van der Waals surface area contributed by atoms with E-state index in [1.165, 1.54) is 23.1 Å². The maximum absolute atomic E-state index is 13.0. The molecule has 0 radical (unpaired) electrons. The number of amides is 3. The maximum atomic E-state index is 13.0. The minimum atomic E-state index is -0.991. The predicted octanol–water partition coefficient (Wildman–Crippen LogP) is 4.51. The monoisotopic (exact) mass is 487 g/mol. The van der Waals surface area contributed by atoms with Crippen molar-refractivity contribution in [2.24, 2.45) is 5.41 Å². The maximum Gasteiger partial charge on any atom is 0.407 e. The first-order chi connectivity index (χ1) is 16.0. The Morgan fingerprint density at radius 3 is 2.56 bits per heavy atom. The van der Waals surface area contributed by atoms with Gasteiger partial charge in [0, 0.05) is 28.4 Å². The van der Waals surface area contributed by atoms with Crippen molar-refractivity contribution in [2.45, 2.75) is 52.1 Å². The summed E-state index contributed by atoms with van der Waals surface area (Å²) in [5.74, 6) is -0.730. The van der Waals surface area contributed by atoms with E-state index in [2.05, 4.69) is 10.6 Å². The quantitative estimate of drug-likeness (QED) is 0.494. The van der Waals surface area contributed by atoms with Gasteiger partial charge in [-0.1, -0.05) is 38.4 Å². The van der Waals surface area contributed by atoms with Crippen molar-refractivity contribution in [1.82, 2.24) is 10.2 Å². The average Bonchev–Trinajstić information content (AvgIpc) is 2.75. The van der Waals surface area contributed by atoms with E-state index in [1.807, 2.05) is 20.8 Å². The number of rotatable bonds is 5. The van der Waals surface area contributed by atoms with E-state index in [9.17, 15) is 24.6 Å². The van der Waals surface area contributed by atoms with Crippen LogP contribution in [0.4, 0.5) is 10.5 Å². The van der Waals surface area contributed by atoms with Crippen LogP contribution >= 0.6 is 11.6 Å². The van der Waals surface area contributed by atoms with Gasteiger partial charge in [-0.15, -0.1) is 0 Å². The summed E-state index contributed by atoms with van der Waals surface area (Å²) in [7, 11) is 0. The number of piperidine rings is 1. The SMILES string of the molecule is CC(C)(C)C1C(NC(=O)c2cccc(NC(=O)Cc3cc(Cl)ccc3O)c2)CCCN1C(=O)O. The molecule has 3 amide bonds. The molecule has 1 aliphatic rings. The third-order valence-electron chi connectivity index (χ3n) is 5.88. The van der Waals surface area contributed by atoms with Crippen LogP contribution in [0.25, 0.3) is 0 Å². The van der Waals surface area contributed by atoms with E-state index in [1.54, 1.807) is 24.3 Å². The van der Waals surface area contributed by atoms with Crippen LogP contribution < -0.4 is 10.6 Å². The highest BCUT2D eigenvalue weighted by molar-refractivity contribution is 6.30. The van der Waals surface area contributed by atoms with Gasteiger partial charge in [0.25, 0.3) is 5.91 Å². The number of aromatic hydroxyl groups is 1. The number of nitrogens with zero attached hydrogens (tertiary/aromatic N) is 1. The molecular weight excluding hydrogens is 458 g/mol. The molecule has 9 heteroatoms. The molecule has 0 spiro atoms. The first-order valence-electron chi connectivity index (χ1n) is 11.1. The van der Waals surface area contributed by atoms with Gasteiger partial charge < -0.3 is 25.7 Å². The van der Waals surface area contributed by atoms with Gasteiger partial charge in [-0.2, -0.15) is 0 Å². The molecule has 0 bridgehead atoms. The third-order valence-corrected chi connectivity index (χ3v) is 6.12. The lowest BCUT2D eigenvalue weighted by Crippen LogP contribution is -2.61. The molecular formula is C25H30ClN3O5. The van der Waals surface area contributed by atoms with Crippen LogP contribution in [-0.2, 0) is 11.2 Å². The van der Waals surface area contributed by atoms with Crippen LogP contribution in [0.2, 0.25) is 5.02 Å². The Morgan fingerprint density at radius 2 is 1.88 bits per heavy atom. The Morgan fingerprint density at radius 1 is 1.15 bits per heavy atom. The lowest BCUT2D eigenvalue weighted by atomic mass is 9.77. The normalized spacial score (nSPS) is 18.3. The molecule has 2 aromatic rings. The van der Waals surface area contributed by atoms with E-state index >= 15 is 0 Å². The van der Waals surface area contributed by atoms with E-state index in [0.717, 1.165) is 0 Å². The number of benzene rings is 2. The summed E-state index contributed by atoms with van der Waals surface area (Å²) in [6.45, 7) is 6.33. The molecule has 2 aromatic carbocycles. The highest BCUT2D eigenvalue weighted by Gasteiger charge is 2.42. The molecule has 0 aliphatic carbocycles. The summed E-state index contributed by atoms with van der Waals surface area (Å²) in [6, 6.07) is 10.3. The van der Waals surface area contributed by atoms with Gasteiger partial charge in [0.2, 0.25) is 5.91 Å². The minimum absolute atomic E-state index is 0.0241. The molecule has 1 saturated heterocycles. The van der Waals surface area contributed by atoms with Crippen molar-refractivity contribution in [3.8, 4) is 5.75 Å². The van der Waals surface area contributed by atoms with Crippen LogP contribution in [0.3, 0.4) is 0 Å². The molecule has 8 nitrogen and oxygen atoms in total. The number of carbonyl (C=O) groups excluding carboxylic acids is 2. The van der Waals surface area contributed by atoms with Gasteiger partial charge in [-0.25, -0.2) is 4.79 Å². The van der Waals surface area contributed by atoms with E-state index in [0.29, 0.717) is 41.2 Å². The second-order valence-electron chi connectivity index (χ2n) is 9.59. The second-order valence-corrected chi connectivity index (χ2v) is 10.0. The highest BCUT2D eigenvalue weighted by atomic mass is 35.5. The zero-order chi connectivity index (χ0) is 25.0. The van der Waals surface area contributed by atoms with E-state index < -0.39 is 6.09 Å². The molecule has 0 saturated carbocycles. The number of hydrogen-bond acceptors (Lipinski definition) is 4. The summed E-state index contributed by atoms with van der Waals surface area (Å²) < 4.78 is 0. The van der Waals surface area contributed by atoms with E-state index in [-0.39, 0.29) is 41.5 Å². The number of nitrogens with one attached hydrogen (secondary N) is 2. The molecule has 1 heterocycles. The van der Waals surface area contributed by atoms with Crippen molar-refractivity contribution in [3.05, 3.63) is 58.6 Å². The lowest BCUT2D eigenvalue weighted by molar-refractivity contribution is -0.115.